The minimum absolute atomic E-state index is 0.289. The Kier molecular flexibility index (Phi) is 8.25. The summed E-state index contributed by atoms with van der Waals surface area (Å²) in [6.45, 7) is -1.77. The van der Waals surface area contributed by atoms with Gasteiger partial charge in [0.15, 0.2) is 9.84 Å². The third-order valence-electron chi connectivity index (χ3n) is 7.23. The second-order valence-corrected chi connectivity index (χ2v) is 12.0. The molecule has 6 nitrogen and oxygen atoms in total. The lowest BCUT2D eigenvalue weighted by Crippen LogP contribution is -2.57. The van der Waals surface area contributed by atoms with Gasteiger partial charge in [0.1, 0.15) is 22.2 Å². The van der Waals surface area contributed by atoms with Gasteiger partial charge in [-0.1, -0.05) is 30.3 Å². The van der Waals surface area contributed by atoms with Crippen LogP contribution in [0.25, 0.3) is 0 Å². The summed E-state index contributed by atoms with van der Waals surface area (Å²) in [6.07, 6.45) is -14.9. The van der Waals surface area contributed by atoms with Gasteiger partial charge >= 0.3 is 18.4 Å². The molecule has 232 valence electrons. The number of hydrogen-bond donors (Lipinski definition) is 2. The average molecular weight is 642 g/mol. The van der Waals surface area contributed by atoms with Crippen molar-refractivity contribution in [2.75, 3.05) is 0 Å². The average Bonchev–Trinajstić information content (AvgIpc) is 2.86. The quantitative estimate of drug-likeness (QED) is 0.210. The Morgan fingerprint density at radius 1 is 0.860 bits per heavy atom. The van der Waals surface area contributed by atoms with Crippen LogP contribution in [0.1, 0.15) is 29.5 Å². The van der Waals surface area contributed by atoms with E-state index in [4.69, 9.17) is 5.11 Å². The van der Waals surface area contributed by atoms with Crippen LogP contribution < -0.4 is 5.32 Å². The van der Waals surface area contributed by atoms with Crippen molar-refractivity contribution in [3.63, 3.8) is 0 Å². The summed E-state index contributed by atoms with van der Waals surface area (Å²) in [5.41, 5.74) is -8.14. The highest BCUT2D eigenvalue weighted by molar-refractivity contribution is 7.92. The van der Waals surface area contributed by atoms with Crippen LogP contribution in [0.5, 0.6) is 0 Å². The molecule has 1 aliphatic rings. The van der Waals surface area contributed by atoms with E-state index >= 15 is 0 Å². The Balaban J connectivity index is 1.81. The number of amides is 1. The molecule has 0 aromatic heterocycles. The molecule has 0 spiro atoms. The molecule has 0 heterocycles. The lowest BCUT2D eigenvalue weighted by Gasteiger charge is -2.47. The molecule has 16 heteroatoms. The monoisotopic (exact) mass is 641 g/mol. The molecule has 2 N–H and O–H groups in total. The lowest BCUT2D eigenvalue weighted by molar-refractivity contribution is -0.392. The Morgan fingerprint density at radius 3 is 1.84 bits per heavy atom. The maximum absolute atomic E-state index is 14.3. The van der Waals surface area contributed by atoms with Crippen molar-refractivity contribution in [2.24, 2.45) is 0 Å². The van der Waals surface area contributed by atoms with Crippen molar-refractivity contribution in [1.29, 1.82) is 0 Å². The van der Waals surface area contributed by atoms with Gasteiger partial charge in [-0.15, -0.1) is 0 Å². The Labute approximate surface area is 238 Å². The fraction of sp³-hybridized carbons (Fsp3) is 0.296. The largest absolute Gasteiger partial charge is 0.465 e. The summed E-state index contributed by atoms with van der Waals surface area (Å²) in [6, 6.07) is 6.63. The first-order valence-electron chi connectivity index (χ1n) is 12.2. The molecule has 1 amide bonds. The first-order chi connectivity index (χ1) is 19.9. The van der Waals surface area contributed by atoms with Crippen molar-refractivity contribution in [1.82, 2.24) is 5.32 Å². The van der Waals surface area contributed by atoms with Gasteiger partial charge in [-0.25, -0.2) is 26.4 Å². The second-order valence-electron chi connectivity index (χ2n) is 9.75. The van der Waals surface area contributed by atoms with Gasteiger partial charge in [0.2, 0.25) is 0 Å². The smallest absolute Gasteiger partial charge is 0.430 e. The maximum Gasteiger partial charge on any atom is 0.430 e. The van der Waals surface area contributed by atoms with E-state index in [0.717, 1.165) is 30.3 Å². The number of alkyl halides is 6. The highest BCUT2D eigenvalue weighted by atomic mass is 32.2. The molecule has 4 rings (SSSR count). The molecular weight excluding hydrogens is 621 g/mol. The molecule has 0 radical (unpaired) electrons. The van der Waals surface area contributed by atoms with Gasteiger partial charge in [0.25, 0.3) is 5.60 Å². The molecule has 43 heavy (non-hydrogen) atoms. The van der Waals surface area contributed by atoms with Crippen molar-refractivity contribution in [3.05, 3.63) is 101 Å². The molecule has 0 atom stereocenters. The van der Waals surface area contributed by atoms with Crippen molar-refractivity contribution >= 4 is 15.9 Å². The van der Waals surface area contributed by atoms with Gasteiger partial charge in [0.05, 0.1) is 11.5 Å². The molecule has 0 bridgehead atoms. The van der Waals surface area contributed by atoms with Gasteiger partial charge in [-0.2, -0.15) is 26.3 Å². The molecular formula is C27H20F9NO5S. The van der Waals surface area contributed by atoms with E-state index in [9.17, 15) is 52.7 Å². The van der Waals surface area contributed by atoms with Gasteiger partial charge < -0.3 is 15.2 Å². The fourth-order valence-corrected chi connectivity index (χ4v) is 7.29. The van der Waals surface area contributed by atoms with Gasteiger partial charge in [0, 0.05) is 17.2 Å². The predicted molar refractivity (Wildman–Crippen MR) is 131 cm³/mol. The van der Waals surface area contributed by atoms with E-state index in [0.29, 0.717) is 36.4 Å². The van der Waals surface area contributed by atoms with E-state index in [1.807, 2.05) is 0 Å². The van der Waals surface area contributed by atoms with E-state index in [2.05, 4.69) is 10.1 Å². The first-order valence-corrected chi connectivity index (χ1v) is 13.6. The summed E-state index contributed by atoms with van der Waals surface area (Å²) >= 11 is 0. The number of benzene rings is 3. The van der Waals surface area contributed by atoms with Crippen LogP contribution in [-0.4, -0.2) is 38.0 Å². The molecule has 1 aliphatic carbocycles. The fourth-order valence-electron chi connectivity index (χ4n) is 5.06. The first kappa shape index (κ1) is 32.1. The number of carbonyl (C=O) groups is 1. The van der Waals surface area contributed by atoms with Crippen molar-refractivity contribution < 1.29 is 62.6 Å². The number of hydrogen-bond acceptors (Lipinski definition) is 4. The number of carboxylic acid groups (broad SMARTS) is 1. The zero-order valence-corrected chi connectivity index (χ0v) is 22.3. The van der Waals surface area contributed by atoms with Crippen molar-refractivity contribution in [2.45, 2.75) is 53.1 Å². The van der Waals surface area contributed by atoms with E-state index in [1.54, 1.807) is 0 Å². The standard InChI is InChI=1S/C27H20F9NO5S/c28-17-8-10-19(11-9-17)43(40,41)24(12-18(13-24)37-23(38)39)15-4-6-16(7-5-15)25(26(31,32)33,27(34,35)36)42-14-20-21(29)2-1-3-22(20)30/h1-11,18,37H,12-14H2,(H,38,39). The Hall–Kier alpha value is -3.79. The zero-order chi connectivity index (χ0) is 32.0. The van der Waals surface area contributed by atoms with Gasteiger partial charge in [-0.05, 0) is 54.8 Å². The van der Waals surface area contributed by atoms with Crippen LogP contribution in [-0.2, 0) is 31.5 Å². The maximum atomic E-state index is 14.3. The second kappa shape index (κ2) is 11.0. The molecule has 3 aromatic rings. The SMILES string of the molecule is O=C(O)NC1CC(c2ccc(C(OCc3c(F)cccc3F)(C(F)(F)F)C(F)(F)F)cc2)(S(=O)(=O)c2ccc(F)cc2)C1. The van der Waals surface area contributed by atoms with Crippen LogP contribution in [0, 0.1) is 17.5 Å². The normalized spacial score (nSPS) is 19.5. The Bertz CT molecular complexity index is 1570. The van der Waals surface area contributed by atoms with E-state index in [1.165, 1.54) is 0 Å². The molecule has 0 saturated heterocycles. The molecule has 1 saturated carbocycles. The minimum Gasteiger partial charge on any atom is -0.465 e. The summed E-state index contributed by atoms with van der Waals surface area (Å²) in [7, 11) is -4.52. The molecule has 0 aliphatic heterocycles. The van der Waals surface area contributed by atoms with Crippen LogP contribution in [0.4, 0.5) is 44.3 Å². The number of sulfone groups is 1. The van der Waals surface area contributed by atoms with E-state index in [-0.39, 0.29) is 5.56 Å². The summed E-state index contributed by atoms with van der Waals surface area (Å²) in [5.74, 6) is -3.69. The van der Waals surface area contributed by atoms with Crippen LogP contribution in [0.15, 0.2) is 71.6 Å². The van der Waals surface area contributed by atoms with Crippen LogP contribution in [0.3, 0.4) is 0 Å². The molecule has 1 fully saturated rings. The number of nitrogens with one attached hydrogen (secondary N) is 1. The van der Waals surface area contributed by atoms with Crippen LogP contribution >= 0.6 is 0 Å². The van der Waals surface area contributed by atoms with E-state index < -0.39 is 97.6 Å². The minimum atomic E-state index is -6.22. The predicted octanol–water partition coefficient (Wildman–Crippen LogP) is 6.74. The number of halogens is 9. The number of ether oxygens (including phenoxy) is 1. The zero-order valence-electron chi connectivity index (χ0n) is 21.4. The van der Waals surface area contributed by atoms with Crippen LogP contribution in [0.2, 0.25) is 0 Å². The summed E-state index contributed by atoms with van der Waals surface area (Å²) in [5, 5.41) is 11.1. The molecule has 3 aromatic carbocycles. The van der Waals surface area contributed by atoms with Crippen molar-refractivity contribution in [3.8, 4) is 0 Å². The summed E-state index contributed by atoms with van der Waals surface area (Å²) in [4.78, 5) is 10.7. The lowest BCUT2D eigenvalue weighted by atomic mass is 9.74. The third kappa shape index (κ3) is 5.53. The third-order valence-corrected chi connectivity index (χ3v) is 9.72. The highest BCUT2D eigenvalue weighted by Gasteiger charge is 2.73. The highest BCUT2D eigenvalue weighted by Crippen LogP contribution is 2.55. The summed E-state index contributed by atoms with van der Waals surface area (Å²) < 4.78 is 157. The topological polar surface area (TPSA) is 92.7 Å². The molecule has 0 unspecified atom stereocenters. The van der Waals surface area contributed by atoms with Gasteiger partial charge in [-0.3, -0.25) is 0 Å². The number of rotatable bonds is 8. The Morgan fingerprint density at radius 2 is 1.37 bits per heavy atom.